The molecule has 27 heavy (non-hydrogen) atoms. The van der Waals surface area contributed by atoms with Crippen molar-refractivity contribution in [1.82, 2.24) is 15.6 Å². The van der Waals surface area contributed by atoms with Crippen LogP contribution in [-0.4, -0.2) is 34.4 Å². The van der Waals surface area contributed by atoms with E-state index in [4.69, 9.17) is 4.74 Å². The van der Waals surface area contributed by atoms with Gasteiger partial charge in [0.1, 0.15) is 11.4 Å². The van der Waals surface area contributed by atoms with Crippen LogP contribution >= 0.6 is 0 Å². The Labute approximate surface area is 153 Å². The normalized spacial score (nSPS) is 10.7. The highest BCUT2D eigenvalue weighted by atomic mass is 16.6. The second-order valence-corrected chi connectivity index (χ2v) is 5.45. The van der Waals surface area contributed by atoms with Crippen molar-refractivity contribution in [3.63, 3.8) is 0 Å². The summed E-state index contributed by atoms with van der Waals surface area (Å²) < 4.78 is 5.07. The number of rotatable bonds is 6. The number of amides is 1. The molecule has 0 saturated heterocycles. The molecule has 9 heteroatoms. The summed E-state index contributed by atoms with van der Waals surface area (Å²) in [4.78, 5) is 22.5. The van der Waals surface area contributed by atoms with Gasteiger partial charge >= 0.3 is 0 Å². The SMILES string of the molecule is COc1ccc(/C=N\NC(=O)c2cc(-c3cccc([N+](=O)[O-])c3)n[nH]2)cc1. The van der Waals surface area contributed by atoms with Crippen molar-refractivity contribution >= 4 is 17.8 Å². The van der Waals surface area contributed by atoms with Crippen LogP contribution in [0.2, 0.25) is 0 Å². The molecule has 0 fully saturated rings. The lowest BCUT2D eigenvalue weighted by molar-refractivity contribution is -0.384. The summed E-state index contributed by atoms with van der Waals surface area (Å²) >= 11 is 0. The number of aromatic nitrogens is 2. The fourth-order valence-electron chi connectivity index (χ4n) is 2.28. The number of ether oxygens (including phenoxy) is 1. The van der Waals surface area contributed by atoms with E-state index in [1.807, 2.05) is 0 Å². The number of non-ortho nitro benzene ring substituents is 1. The molecule has 0 aliphatic carbocycles. The van der Waals surface area contributed by atoms with Crippen LogP contribution < -0.4 is 10.2 Å². The number of hydrogen-bond donors (Lipinski definition) is 2. The molecular formula is C18H15N5O4. The zero-order chi connectivity index (χ0) is 19.2. The number of aromatic amines is 1. The van der Waals surface area contributed by atoms with Crippen molar-refractivity contribution in [2.45, 2.75) is 0 Å². The van der Waals surface area contributed by atoms with E-state index in [2.05, 4.69) is 20.7 Å². The third kappa shape index (κ3) is 4.34. The maximum absolute atomic E-state index is 12.1. The lowest BCUT2D eigenvalue weighted by Gasteiger charge is -1.99. The van der Waals surface area contributed by atoms with Crippen molar-refractivity contribution in [2.75, 3.05) is 7.11 Å². The van der Waals surface area contributed by atoms with Gasteiger partial charge in [0, 0.05) is 17.7 Å². The van der Waals surface area contributed by atoms with E-state index >= 15 is 0 Å². The number of hydrogen-bond acceptors (Lipinski definition) is 6. The highest BCUT2D eigenvalue weighted by Crippen LogP contribution is 2.22. The second-order valence-electron chi connectivity index (χ2n) is 5.45. The predicted molar refractivity (Wildman–Crippen MR) is 98.7 cm³/mol. The number of benzene rings is 2. The van der Waals surface area contributed by atoms with Gasteiger partial charge in [0.15, 0.2) is 0 Å². The Balaban J connectivity index is 1.67. The van der Waals surface area contributed by atoms with E-state index in [-0.39, 0.29) is 11.4 Å². The largest absolute Gasteiger partial charge is 0.497 e. The Kier molecular flexibility index (Phi) is 5.22. The summed E-state index contributed by atoms with van der Waals surface area (Å²) in [6, 6.07) is 14.7. The van der Waals surface area contributed by atoms with Crippen molar-refractivity contribution in [3.05, 3.63) is 76.0 Å². The van der Waals surface area contributed by atoms with E-state index < -0.39 is 10.8 Å². The van der Waals surface area contributed by atoms with Crippen LogP contribution in [0.15, 0.2) is 59.7 Å². The van der Waals surface area contributed by atoms with Crippen molar-refractivity contribution < 1.29 is 14.5 Å². The fraction of sp³-hybridized carbons (Fsp3) is 0.0556. The number of nitrogens with zero attached hydrogens (tertiary/aromatic N) is 3. The van der Waals surface area contributed by atoms with Gasteiger partial charge in [-0.25, -0.2) is 5.43 Å². The molecule has 0 atom stereocenters. The molecule has 0 unspecified atom stereocenters. The Morgan fingerprint density at radius 3 is 2.74 bits per heavy atom. The predicted octanol–water partition coefficient (Wildman–Crippen LogP) is 2.76. The molecule has 3 aromatic rings. The molecule has 0 bridgehead atoms. The molecule has 0 radical (unpaired) electrons. The molecule has 1 heterocycles. The number of H-pyrrole nitrogens is 1. The molecule has 2 aromatic carbocycles. The number of methoxy groups -OCH3 is 1. The topological polar surface area (TPSA) is 123 Å². The zero-order valence-corrected chi connectivity index (χ0v) is 14.2. The van der Waals surface area contributed by atoms with E-state index in [0.717, 1.165) is 11.3 Å². The van der Waals surface area contributed by atoms with Crippen molar-refractivity contribution in [3.8, 4) is 17.0 Å². The van der Waals surface area contributed by atoms with Crippen LogP contribution in [0.4, 0.5) is 5.69 Å². The Morgan fingerprint density at radius 2 is 2.04 bits per heavy atom. The van der Waals surface area contributed by atoms with Crippen LogP contribution in [-0.2, 0) is 0 Å². The standard InChI is InChI=1S/C18H15N5O4/c1-27-15-7-5-12(6-8-15)11-19-22-18(24)17-10-16(20-21-17)13-3-2-4-14(9-13)23(25)26/h2-11H,1H3,(H,20,21)(H,22,24)/b19-11-. The first kappa shape index (κ1) is 17.8. The molecular weight excluding hydrogens is 350 g/mol. The number of nitrogens with one attached hydrogen (secondary N) is 2. The van der Waals surface area contributed by atoms with Crippen LogP contribution in [0.5, 0.6) is 5.75 Å². The number of carbonyl (C=O) groups excluding carboxylic acids is 1. The average molecular weight is 365 g/mol. The minimum absolute atomic E-state index is 0.0504. The molecule has 0 aliphatic rings. The van der Waals surface area contributed by atoms with Crippen molar-refractivity contribution in [2.24, 2.45) is 5.10 Å². The molecule has 9 nitrogen and oxygen atoms in total. The van der Waals surface area contributed by atoms with Gasteiger partial charge in [-0.1, -0.05) is 12.1 Å². The molecule has 0 spiro atoms. The Bertz CT molecular complexity index is 995. The number of hydrazone groups is 1. The molecule has 2 N–H and O–H groups in total. The molecule has 3 rings (SSSR count). The second kappa shape index (κ2) is 7.91. The van der Waals surface area contributed by atoms with Gasteiger partial charge in [-0.3, -0.25) is 20.0 Å². The van der Waals surface area contributed by atoms with Crippen LogP contribution in [0, 0.1) is 10.1 Å². The smallest absolute Gasteiger partial charge is 0.289 e. The molecule has 136 valence electrons. The monoisotopic (exact) mass is 365 g/mol. The average Bonchev–Trinajstić information content (AvgIpc) is 3.19. The first-order valence-corrected chi connectivity index (χ1v) is 7.84. The Hall–Kier alpha value is -4.01. The van der Waals surface area contributed by atoms with Gasteiger partial charge in [-0.05, 0) is 35.9 Å². The van der Waals surface area contributed by atoms with Gasteiger partial charge in [-0.2, -0.15) is 10.2 Å². The Morgan fingerprint density at radius 1 is 1.26 bits per heavy atom. The highest BCUT2D eigenvalue weighted by molar-refractivity contribution is 5.94. The van der Waals surface area contributed by atoms with Gasteiger partial charge in [-0.15, -0.1) is 0 Å². The number of nitro groups is 1. The summed E-state index contributed by atoms with van der Waals surface area (Å²) in [5, 5.41) is 21.4. The van der Waals surface area contributed by atoms with Crippen LogP contribution in [0.1, 0.15) is 16.1 Å². The fourth-order valence-corrected chi connectivity index (χ4v) is 2.28. The van der Waals surface area contributed by atoms with E-state index in [1.54, 1.807) is 43.5 Å². The lowest BCUT2D eigenvalue weighted by atomic mass is 10.1. The van der Waals surface area contributed by atoms with E-state index in [1.165, 1.54) is 24.4 Å². The van der Waals surface area contributed by atoms with Gasteiger partial charge in [0.2, 0.25) is 0 Å². The summed E-state index contributed by atoms with van der Waals surface area (Å²) in [6.45, 7) is 0. The third-order valence-corrected chi connectivity index (χ3v) is 3.67. The quantitative estimate of drug-likeness (QED) is 0.395. The maximum atomic E-state index is 12.1. The van der Waals surface area contributed by atoms with Gasteiger partial charge < -0.3 is 4.74 Å². The first-order chi connectivity index (χ1) is 13.1. The molecule has 1 amide bonds. The first-order valence-electron chi connectivity index (χ1n) is 7.84. The van der Waals surface area contributed by atoms with Gasteiger partial charge in [0.05, 0.1) is 23.9 Å². The third-order valence-electron chi connectivity index (χ3n) is 3.67. The van der Waals surface area contributed by atoms with Gasteiger partial charge in [0.25, 0.3) is 11.6 Å². The van der Waals surface area contributed by atoms with Crippen LogP contribution in [0.3, 0.4) is 0 Å². The minimum atomic E-state index is -0.488. The summed E-state index contributed by atoms with van der Waals surface area (Å²) in [7, 11) is 1.58. The number of nitro benzene ring substituents is 1. The molecule has 0 saturated carbocycles. The number of carbonyl (C=O) groups is 1. The van der Waals surface area contributed by atoms with Crippen molar-refractivity contribution in [1.29, 1.82) is 0 Å². The zero-order valence-electron chi connectivity index (χ0n) is 14.2. The highest BCUT2D eigenvalue weighted by Gasteiger charge is 2.13. The van der Waals surface area contributed by atoms with E-state index in [0.29, 0.717) is 11.3 Å². The summed E-state index contributed by atoms with van der Waals surface area (Å²) in [6.07, 6.45) is 1.50. The lowest BCUT2D eigenvalue weighted by Crippen LogP contribution is -2.17. The maximum Gasteiger partial charge on any atom is 0.289 e. The summed E-state index contributed by atoms with van der Waals surface area (Å²) in [5.41, 5.74) is 4.26. The molecule has 1 aromatic heterocycles. The molecule has 0 aliphatic heterocycles. The van der Waals surface area contributed by atoms with Crippen LogP contribution in [0.25, 0.3) is 11.3 Å². The summed E-state index contributed by atoms with van der Waals surface area (Å²) in [5.74, 6) is 0.242. The van der Waals surface area contributed by atoms with E-state index in [9.17, 15) is 14.9 Å². The minimum Gasteiger partial charge on any atom is -0.497 e.